The Kier molecular flexibility index (Phi) is 7.21. The average molecular weight is 579 g/mol. The van der Waals surface area contributed by atoms with Gasteiger partial charge in [-0.15, -0.1) is 24.8 Å². The number of halogens is 8. The summed E-state index contributed by atoms with van der Waals surface area (Å²) in [6, 6.07) is 9.04. The van der Waals surface area contributed by atoms with Crippen molar-refractivity contribution in [1.29, 1.82) is 0 Å². The molecule has 1 aliphatic carbocycles. The summed E-state index contributed by atoms with van der Waals surface area (Å²) in [4.78, 5) is 0. The molecule has 0 bridgehead atoms. The van der Waals surface area contributed by atoms with Gasteiger partial charge in [0.25, 0.3) is 0 Å². The first-order chi connectivity index (χ1) is 11.1. The fourth-order valence-corrected chi connectivity index (χ4v) is 4.54. The average Bonchev–Trinajstić information content (AvgIpc) is 2.83. The van der Waals surface area contributed by atoms with Gasteiger partial charge in [0.1, 0.15) is 0 Å². The van der Waals surface area contributed by atoms with Crippen LogP contribution >= 0.6 is 24.8 Å². The molecule has 0 aromatic heterocycles. The van der Waals surface area contributed by atoms with Crippen LogP contribution in [0.3, 0.4) is 0 Å². The van der Waals surface area contributed by atoms with E-state index in [1.165, 1.54) is 0 Å². The molecule has 0 N–H and O–H groups in total. The molecule has 0 radical (unpaired) electrons. The zero-order valence-electron chi connectivity index (χ0n) is 12.8. The Morgan fingerprint density at radius 2 is 1.27 bits per heavy atom. The number of rotatable bonds is 1. The Labute approximate surface area is 173 Å². The molecule has 0 nitrogen and oxygen atoms in total. The third-order valence-electron chi connectivity index (χ3n) is 3.85. The summed E-state index contributed by atoms with van der Waals surface area (Å²) < 4.78 is 77.9. The predicted octanol–water partition coefficient (Wildman–Crippen LogP) is 6.71. The molecule has 1 atom stereocenters. The van der Waals surface area contributed by atoms with Crippen molar-refractivity contribution in [2.24, 2.45) is 0 Å². The van der Waals surface area contributed by atoms with Gasteiger partial charge in [-0.05, 0) is 0 Å². The minimum absolute atomic E-state index is 0. The van der Waals surface area contributed by atoms with Gasteiger partial charge in [-0.1, -0.05) is 0 Å². The van der Waals surface area contributed by atoms with Crippen molar-refractivity contribution in [1.82, 2.24) is 0 Å². The third kappa shape index (κ3) is 4.54. The number of fused-ring (bicyclic) bond motifs is 1. The van der Waals surface area contributed by atoms with Crippen molar-refractivity contribution < 1.29 is 50.7 Å². The van der Waals surface area contributed by atoms with Crippen LogP contribution < -0.4 is 0 Å². The van der Waals surface area contributed by atoms with E-state index in [2.05, 4.69) is 0 Å². The Balaban J connectivity index is 0.00000169. The molecule has 0 unspecified atom stereocenters. The van der Waals surface area contributed by atoms with Crippen LogP contribution in [-0.4, -0.2) is 0 Å². The fraction of sp³-hybridized carbons (Fsp3) is 0.176. The van der Waals surface area contributed by atoms with Gasteiger partial charge in [0, 0.05) is 0 Å². The van der Waals surface area contributed by atoms with Crippen LogP contribution in [0.4, 0.5) is 26.3 Å². The maximum absolute atomic E-state index is 13.0. The molecule has 0 fully saturated rings. The molecule has 1 aliphatic rings. The zero-order chi connectivity index (χ0) is 17.7. The van der Waals surface area contributed by atoms with E-state index in [9.17, 15) is 26.3 Å². The number of hydrogen-bond donors (Lipinski definition) is 0. The van der Waals surface area contributed by atoms with Crippen LogP contribution in [0.15, 0.2) is 42.5 Å². The van der Waals surface area contributed by atoms with Gasteiger partial charge >= 0.3 is 149 Å². The Morgan fingerprint density at radius 3 is 1.73 bits per heavy atom. The second-order valence-electron chi connectivity index (χ2n) is 5.46. The van der Waals surface area contributed by atoms with E-state index in [0.717, 1.165) is 23.3 Å². The second kappa shape index (κ2) is 8.07. The SMILES string of the molecule is Cl.Cl.FC(F)(F)c1cc(C2=Cc3ccccc3[C@@H]2[Hf])cc(C(F)(F)F)c1. The summed E-state index contributed by atoms with van der Waals surface area (Å²) in [6.07, 6.45) is -7.98. The molecule has 0 spiro atoms. The maximum atomic E-state index is 13.0. The monoisotopic (exact) mass is 579 g/mol. The van der Waals surface area contributed by atoms with Crippen molar-refractivity contribution in [3.8, 4) is 0 Å². The first kappa shape index (κ1) is 23.2. The van der Waals surface area contributed by atoms with E-state index in [-0.39, 0.29) is 40.1 Å². The Morgan fingerprint density at radius 1 is 0.769 bits per heavy atom. The van der Waals surface area contributed by atoms with E-state index in [1.54, 1.807) is 12.1 Å². The van der Waals surface area contributed by atoms with E-state index in [1.807, 2.05) is 18.2 Å². The molecule has 3 rings (SSSR count). The van der Waals surface area contributed by atoms with Gasteiger partial charge in [-0.25, -0.2) is 0 Å². The van der Waals surface area contributed by atoms with E-state index < -0.39 is 23.5 Å². The molecule has 2 aromatic rings. The molecule has 139 valence electrons. The molecular weight excluding hydrogens is 568 g/mol. The summed E-state index contributed by atoms with van der Waals surface area (Å²) in [7, 11) is 0. The summed E-state index contributed by atoms with van der Waals surface area (Å²) in [6.45, 7) is 0. The Bertz CT molecular complexity index is 794. The third-order valence-corrected chi connectivity index (χ3v) is 6.08. The van der Waals surface area contributed by atoms with Crippen molar-refractivity contribution in [3.05, 3.63) is 70.3 Å². The normalized spacial score (nSPS) is 16.2. The van der Waals surface area contributed by atoms with Gasteiger partial charge in [0.2, 0.25) is 0 Å². The second-order valence-corrected chi connectivity index (χ2v) is 7.53. The molecular formula is C17H11Cl2F6Hf. The van der Waals surface area contributed by atoms with Crippen molar-refractivity contribution in [2.45, 2.75) is 16.0 Å². The summed E-state index contributed by atoms with van der Waals surface area (Å²) in [5, 5.41) is 0. The molecule has 2 aromatic carbocycles. The summed E-state index contributed by atoms with van der Waals surface area (Å²) in [5.41, 5.74) is -0.271. The molecule has 0 heterocycles. The van der Waals surface area contributed by atoms with E-state index in [4.69, 9.17) is 0 Å². The van der Waals surface area contributed by atoms with Gasteiger partial charge < -0.3 is 0 Å². The molecule has 0 aliphatic heterocycles. The van der Waals surface area contributed by atoms with Crippen LogP contribution in [-0.2, 0) is 36.7 Å². The Hall–Kier alpha value is -0.790. The van der Waals surface area contributed by atoms with Crippen LogP contribution in [0.1, 0.15) is 31.5 Å². The number of hydrogen-bond acceptors (Lipinski definition) is 0. The number of allylic oxidation sites excluding steroid dienone is 1. The summed E-state index contributed by atoms with van der Waals surface area (Å²) >= 11 is 0.591. The first-order valence-electron chi connectivity index (χ1n) is 6.89. The summed E-state index contributed by atoms with van der Waals surface area (Å²) in [5.74, 6) is 0. The van der Waals surface area contributed by atoms with Crippen molar-refractivity contribution in [2.75, 3.05) is 0 Å². The first-order valence-corrected chi connectivity index (χ1v) is 8.96. The molecule has 9 heteroatoms. The van der Waals surface area contributed by atoms with E-state index >= 15 is 0 Å². The van der Waals surface area contributed by atoms with Crippen molar-refractivity contribution in [3.63, 3.8) is 0 Å². The predicted molar refractivity (Wildman–Crippen MR) is 88.0 cm³/mol. The van der Waals surface area contributed by atoms with E-state index in [0.29, 0.717) is 29.9 Å². The minimum atomic E-state index is -4.83. The van der Waals surface area contributed by atoms with Gasteiger partial charge in [0.15, 0.2) is 0 Å². The molecule has 0 saturated carbocycles. The zero-order valence-corrected chi connectivity index (χ0v) is 18.0. The van der Waals surface area contributed by atoms with Crippen LogP contribution in [0, 0.1) is 0 Å². The molecule has 0 amide bonds. The number of benzene rings is 2. The number of alkyl halides is 6. The van der Waals surface area contributed by atoms with Crippen LogP contribution in [0.5, 0.6) is 0 Å². The van der Waals surface area contributed by atoms with Gasteiger partial charge in [-0.2, -0.15) is 0 Å². The van der Waals surface area contributed by atoms with Gasteiger partial charge in [-0.3, -0.25) is 0 Å². The molecule has 0 saturated heterocycles. The van der Waals surface area contributed by atoms with Crippen LogP contribution in [0.2, 0.25) is 0 Å². The standard InChI is InChI=1S/C17H9F6.2ClH.Hf/c18-16(19,20)14-7-13(8-15(9-14)17(21,22)23)12-5-10-3-1-2-4-11(10)6-12;;;/h1-9H;2*1H;. The van der Waals surface area contributed by atoms with Crippen LogP contribution in [0.25, 0.3) is 11.6 Å². The van der Waals surface area contributed by atoms with Gasteiger partial charge in [0.05, 0.1) is 0 Å². The topological polar surface area (TPSA) is 0 Å². The quantitative estimate of drug-likeness (QED) is 0.261. The fourth-order valence-electron chi connectivity index (χ4n) is 2.70. The molecule has 26 heavy (non-hydrogen) atoms. The van der Waals surface area contributed by atoms with Crippen molar-refractivity contribution >= 4 is 36.5 Å².